The minimum atomic E-state index is -0.736. The Morgan fingerprint density at radius 2 is 1.95 bits per heavy atom. The van der Waals surface area contributed by atoms with Gasteiger partial charge in [-0.15, -0.1) is 0 Å². The highest BCUT2D eigenvalue weighted by Gasteiger charge is 2.34. The number of hydrogen-bond acceptors (Lipinski definition) is 4. The van der Waals surface area contributed by atoms with E-state index in [2.05, 4.69) is 10.1 Å². The normalized spacial score (nSPS) is 11.1. The van der Waals surface area contributed by atoms with Crippen LogP contribution in [0.5, 0.6) is 0 Å². The summed E-state index contributed by atoms with van der Waals surface area (Å²) in [4.78, 5) is 24.1. The maximum Gasteiger partial charge on any atom is 0.339 e. The Labute approximate surface area is 123 Å². The van der Waals surface area contributed by atoms with Crippen LogP contribution in [0.3, 0.4) is 0 Å². The SMILES string of the molecule is CCC(CC)(CN)C(=O)Nc1cc(F)ccc1C(=O)OC. The fourth-order valence-electron chi connectivity index (χ4n) is 2.12. The van der Waals surface area contributed by atoms with Gasteiger partial charge < -0.3 is 15.8 Å². The van der Waals surface area contributed by atoms with Crippen molar-refractivity contribution in [3.05, 3.63) is 29.6 Å². The first-order valence-electron chi connectivity index (χ1n) is 6.83. The molecule has 0 aliphatic carbocycles. The molecule has 0 atom stereocenters. The van der Waals surface area contributed by atoms with Crippen LogP contribution in [-0.4, -0.2) is 25.5 Å². The van der Waals surface area contributed by atoms with Gasteiger partial charge in [-0.3, -0.25) is 4.79 Å². The maximum atomic E-state index is 13.4. The summed E-state index contributed by atoms with van der Waals surface area (Å²) in [5.41, 5.74) is 5.17. The lowest BCUT2D eigenvalue weighted by Gasteiger charge is -2.28. The summed E-state index contributed by atoms with van der Waals surface area (Å²) in [7, 11) is 1.22. The molecule has 21 heavy (non-hydrogen) atoms. The van der Waals surface area contributed by atoms with Gasteiger partial charge in [0.2, 0.25) is 5.91 Å². The highest BCUT2D eigenvalue weighted by atomic mass is 19.1. The number of rotatable bonds is 6. The van der Waals surface area contributed by atoms with Crippen molar-refractivity contribution >= 4 is 17.6 Å². The Kier molecular flexibility index (Phi) is 5.84. The maximum absolute atomic E-state index is 13.4. The topological polar surface area (TPSA) is 81.4 Å². The second kappa shape index (κ2) is 7.17. The summed E-state index contributed by atoms with van der Waals surface area (Å²) in [6.07, 6.45) is 1.10. The molecule has 0 heterocycles. The lowest BCUT2D eigenvalue weighted by atomic mass is 9.81. The van der Waals surface area contributed by atoms with Crippen LogP contribution >= 0.6 is 0 Å². The summed E-state index contributed by atoms with van der Waals surface area (Å²) in [6, 6.07) is 3.51. The Balaban J connectivity index is 3.15. The van der Waals surface area contributed by atoms with Crippen LogP contribution in [0.15, 0.2) is 18.2 Å². The van der Waals surface area contributed by atoms with Gasteiger partial charge in [0.15, 0.2) is 0 Å². The Morgan fingerprint density at radius 3 is 2.43 bits per heavy atom. The van der Waals surface area contributed by atoms with Gasteiger partial charge in [0, 0.05) is 6.54 Å². The number of benzene rings is 1. The quantitative estimate of drug-likeness (QED) is 0.789. The number of hydrogen-bond donors (Lipinski definition) is 2. The fourth-order valence-corrected chi connectivity index (χ4v) is 2.12. The zero-order chi connectivity index (χ0) is 16.0. The largest absolute Gasteiger partial charge is 0.465 e. The van der Waals surface area contributed by atoms with Gasteiger partial charge in [0.1, 0.15) is 5.82 Å². The molecule has 5 nitrogen and oxygen atoms in total. The van der Waals surface area contributed by atoms with Crippen LogP contribution < -0.4 is 11.1 Å². The molecule has 0 bridgehead atoms. The molecule has 0 saturated carbocycles. The van der Waals surface area contributed by atoms with Crippen molar-refractivity contribution in [1.82, 2.24) is 0 Å². The summed E-state index contributed by atoms with van der Waals surface area (Å²) in [6.45, 7) is 3.90. The summed E-state index contributed by atoms with van der Waals surface area (Å²) >= 11 is 0. The molecule has 1 aromatic carbocycles. The van der Waals surface area contributed by atoms with Crippen molar-refractivity contribution in [1.29, 1.82) is 0 Å². The lowest BCUT2D eigenvalue weighted by molar-refractivity contribution is -0.125. The first-order valence-corrected chi connectivity index (χ1v) is 6.83. The molecule has 0 unspecified atom stereocenters. The average molecular weight is 296 g/mol. The van der Waals surface area contributed by atoms with Crippen molar-refractivity contribution < 1.29 is 18.7 Å². The molecule has 0 aliphatic heterocycles. The predicted molar refractivity (Wildman–Crippen MR) is 78.4 cm³/mol. The second-order valence-corrected chi connectivity index (χ2v) is 4.83. The minimum absolute atomic E-state index is 0.0894. The smallest absolute Gasteiger partial charge is 0.339 e. The highest BCUT2D eigenvalue weighted by Crippen LogP contribution is 2.28. The van der Waals surface area contributed by atoms with Gasteiger partial charge >= 0.3 is 5.97 Å². The van der Waals surface area contributed by atoms with Crippen molar-refractivity contribution in [2.24, 2.45) is 11.1 Å². The van der Waals surface area contributed by atoms with E-state index in [1.807, 2.05) is 13.8 Å². The number of carbonyl (C=O) groups excluding carboxylic acids is 2. The number of ether oxygens (including phenoxy) is 1. The van der Waals surface area contributed by atoms with Crippen molar-refractivity contribution in [2.75, 3.05) is 19.0 Å². The first kappa shape index (κ1) is 17.1. The van der Waals surface area contributed by atoms with Crippen LogP contribution in [0, 0.1) is 11.2 Å². The molecule has 0 fully saturated rings. The summed E-state index contributed by atoms with van der Waals surface area (Å²) < 4.78 is 18.0. The van der Waals surface area contributed by atoms with E-state index in [0.29, 0.717) is 12.8 Å². The van der Waals surface area contributed by atoms with Gasteiger partial charge in [-0.2, -0.15) is 0 Å². The van der Waals surface area contributed by atoms with Crippen LogP contribution in [0.1, 0.15) is 37.0 Å². The first-order chi connectivity index (χ1) is 9.93. The van der Waals surface area contributed by atoms with E-state index >= 15 is 0 Å². The zero-order valence-electron chi connectivity index (χ0n) is 12.5. The van der Waals surface area contributed by atoms with E-state index in [4.69, 9.17) is 5.73 Å². The third-order valence-electron chi connectivity index (χ3n) is 3.86. The number of carbonyl (C=O) groups is 2. The highest BCUT2D eigenvalue weighted by molar-refractivity contribution is 6.03. The van der Waals surface area contributed by atoms with Gasteiger partial charge in [-0.1, -0.05) is 13.8 Å². The average Bonchev–Trinajstić information content (AvgIpc) is 2.49. The molecule has 1 rings (SSSR count). The Morgan fingerprint density at radius 1 is 1.33 bits per heavy atom. The predicted octanol–water partition coefficient (Wildman–Crippen LogP) is 2.32. The van der Waals surface area contributed by atoms with Crippen LogP contribution in [-0.2, 0) is 9.53 Å². The van der Waals surface area contributed by atoms with E-state index in [-0.39, 0.29) is 23.7 Å². The summed E-state index contributed by atoms with van der Waals surface area (Å²) in [5.74, 6) is -1.52. The molecule has 0 radical (unpaired) electrons. The number of halogens is 1. The number of amides is 1. The van der Waals surface area contributed by atoms with E-state index in [1.165, 1.54) is 13.2 Å². The fraction of sp³-hybridized carbons (Fsp3) is 0.467. The minimum Gasteiger partial charge on any atom is -0.465 e. The Bertz CT molecular complexity index is 519. The molecule has 3 N–H and O–H groups in total. The number of nitrogens with two attached hydrogens (primary N) is 1. The van der Waals surface area contributed by atoms with Crippen LogP contribution in [0.2, 0.25) is 0 Å². The van der Waals surface area contributed by atoms with Crippen molar-refractivity contribution in [3.63, 3.8) is 0 Å². The summed E-state index contributed by atoms with van der Waals surface area (Å²) in [5, 5.41) is 2.60. The molecule has 0 aromatic heterocycles. The Hall–Kier alpha value is -1.95. The molecular weight excluding hydrogens is 275 g/mol. The number of esters is 1. The number of nitrogens with one attached hydrogen (secondary N) is 1. The third-order valence-corrected chi connectivity index (χ3v) is 3.86. The number of methoxy groups -OCH3 is 1. The molecule has 0 spiro atoms. The second-order valence-electron chi connectivity index (χ2n) is 4.83. The van der Waals surface area contributed by atoms with Crippen LogP contribution in [0.25, 0.3) is 0 Å². The third kappa shape index (κ3) is 3.58. The van der Waals surface area contributed by atoms with E-state index in [0.717, 1.165) is 12.1 Å². The molecular formula is C15H21FN2O3. The monoisotopic (exact) mass is 296 g/mol. The zero-order valence-corrected chi connectivity index (χ0v) is 12.5. The number of anilines is 1. The van der Waals surface area contributed by atoms with Gasteiger partial charge in [0.05, 0.1) is 23.8 Å². The molecule has 0 saturated heterocycles. The molecule has 1 amide bonds. The standard InChI is InChI=1S/C15H21FN2O3/c1-4-15(5-2,9-17)14(20)18-12-8-10(16)6-7-11(12)13(19)21-3/h6-8H,4-5,9,17H2,1-3H3,(H,18,20). The molecule has 0 aliphatic rings. The lowest BCUT2D eigenvalue weighted by Crippen LogP contribution is -2.41. The van der Waals surface area contributed by atoms with Crippen molar-refractivity contribution in [3.8, 4) is 0 Å². The van der Waals surface area contributed by atoms with Crippen molar-refractivity contribution in [2.45, 2.75) is 26.7 Å². The van der Waals surface area contributed by atoms with Gasteiger partial charge in [0.25, 0.3) is 0 Å². The van der Waals surface area contributed by atoms with Gasteiger partial charge in [-0.05, 0) is 31.0 Å². The van der Waals surface area contributed by atoms with E-state index in [9.17, 15) is 14.0 Å². The van der Waals surface area contributed by atoms with Gasteiger partial charge in [-0.25, -0.2) is 9.18 Å². The van der Waals surface area contributed by atoms with E-state index in [1.54, 1.807) is 0 Å². The molecule has 116 valence electrons. The molecule has 6 heteroatoms. The molecule has 1 aromatic rings. The van der Waals surface area contributed by atoms with E-state index < -0.39 is 17.2 Å². The van der Waals surface area contributed by atoms with Crippen LogP contribution in [0.4, 0.5) is 10.1 Å².